The Bertz CT molecular complexity index is 507. The molecule has 0 aliphatic rings. The number of carbonyl (C=O) groups excluding carboxylic acids is 3. The van der Waals surface area contributed by atoms with Gasteiger partial charge in [0.2, 0.25) is 0 Å². The number of carbonyl (C=O) groups is 3. The summed E-state index contributed by atoms with van der Waals surface area (Å²) in [5, 5.41) is 2.70. The molecule has 0 saturated carbocycles. The number of methoxy groups -OCH3 is 1. The normalized spacial score (nSPS) is 9.70. The summed E-state index contributed by atoms with van der Waals surface area (Å²) in [6.45, 7) is 0.485. The van der Waals surface area contributed by atoms with Crippen LogP contribution in [-0.2, 0) is 14.3 Å². The van der Waals surface area contributed by atoms with Gasteiger partial charge in [-0.3, -0.25) is 25.2 Å². The van der Waals surface area contributed by atoms with Crippen molar-refractivity contribution in [2.24, 2.45) is 0 Å². The first-order chi connectivity index (χ1) is 9.54. The second-order valence-electron chi connectivity index (χ2n) is 3.67. The van der Waals surface area contributed by atoms with Gasteiger partial charge in [0, 0.05) is 24.2 Å². The fraction of sp³-hybridized carbons (Fsp3) is 0.250. The first-order valence-corrected chi connectivity index (χ1v) is 6.05. The summed E-state index contributed by atoms with van der Waals surface area (Å²) < 4.78 is 4.71. The molecule has 0 aromatic heterocycles. The molecule has 7 nitrogen and oxygen atoms in total. The van der Waals surface area contributed by atoms with E-state index < -0.39 is 17.7 Å². The molecule has 20 heavy (non-hydrogen) atoms. The molecule has 0 fully saturated rings. The molecule has 3 amide bonds. The van der Waals surface area contributed by atoms with E-state index in [-0.39, 0.29) is 18.7 Å². The van der Waals surface area contributed by atoms with E-state index in [1.165, 1.54) is 19.2 Å². The number of hydrazine groups is 1. The van der Waals surface area contributed by atoms with Crippen LogP contribution in [0.3, 0.4) is 0 Å². The molecule has 0 bridgehead atoms. The molecule has 0 heterocycles. The van der Waals surface area contributed by atoms with E-state index in [1.54, 1.807) is 12.1 Å². The van der Waals surface area contributed by atoms with Gasteiger partial charge < -0.3 is 10.1 Å². The third-order valence-corrected chi connectivity index (χ3v) is 2.41. The van der Waals surface area contributed by atoms with Crippen LogP contribution in [-0.4, -0.2) is 38.0 Å². The van der Waals surface area contributed by atoms with Crippen molar-refractivity contribution >= 4 is 29.3 Å². The van der Waals surface area contributed by atoms with Crippen LogP contribution in [0.2, 0.25) is 5.02 Å². The van der Waals surface area contributed by atoms with Crippen molar-refractivity contribution in [2.75, 3.05) is 20.3 Å². The number of rotatable bonds is 4. The monoisotopic (exact) mass is 299 g/mol. The number of ether oxygens (including phenoxy) is 1. The van der Waals surface area contributed by atoms with Gasteiger partial charge in [0.1, 0.15) is 0 Å². The molecule has 0 aliphatic heterocycles. The van der Waals surface area contributed by atoms with E-state index in [4.69, 9.17) is 16.3 Å². The van der Waals surface area contributed by atoms with Gasteiger partial charge in [-0.15, -0.1) is 0 Å². The molecule has 0 unspecified atom stereocenters. The third-order valence-electron chi connectivity index (χ3n) is 2.17. The van der Waals surface area contributed by atoms with Crippen LogP contribution in [0, 0.1) is 0 Å². The molecule has 0 radical (unpaired) electrons. The van der Waals surface area contributed by atoms with Gasteiger partial charge in [-0.1, -0.05) is 17.7 Å². The Morgan fingerprint density at radius 3 is 2.60 bits per heavy atom. The van der Waals surface area contributed by atoms with Crippen LogP contribution in [0.15, 0.2) is 24.3 Å². The number of hydrogen-bond donors (Lipinski definition) is 3. The average Bonchev–Trinajstić information content (AvgIpc) is 2.44. The van der Waals surface area contributed by atoms with Gasteiger partial charge in [-0.2, -0.15) is 0 Å². The maximum Gasteiger partial charge on any atom is 0.327 e. The molecule has 0 atom stereocenters. The first-order valence-electron chi connectivity index (χ1n) is 5.67. The topological polar surface area (TPSA) is 96.5 Å². The highest BCUT2D eigenvalue weighted by atomic mass is 35.5. The van der Waals surface area contributed by atoms with E-state index in [9.17, 15) is 14.4 Å². The van der Waals surface area contributed by atoms with E-state index >= 15 is 0 Å². The lowest BCUT2D eigenvalue weighted by Gasteiger charge is -2.07. The number of benzene rings is 1. The number of amides is 3. The van der Waals surface area contributed by atoms with Gasteiger partial charge >= 0.3 is 11.8 Å². The summed E-state index contributed by atoms with van der Waals surface area (Å²) in [5.41, 5.74) is 4.36. The zero-order valence-corrected chi connectivity index (χ0v) is 11.5. The van der Waals surface area contributed by atoms with Gasteiger partial charge in [0.15, 0.2) is 0 Å². The lowest BCUT2D eigenvalue weighted by Crippen LogP contribution is -2.49. The van der Waals surface area contributed by atoms with E-state index in [1.807, 2.05) is 5.43 Å². The molecule has 0 aliphatic carbocycles. The van der Waals surface area contributed by atoms with Crippen molar-refractivity contribution in [3.8, 4) is 0 Å². The molecular formula is C12H14ClN3O4. The first kappa shape index (κ1) is 15.9. The highest BCUT2D eigenvalue weighted by molar-refractivity contribution is 6.35. The Kier molecular flexibility index (Phi) is 6.48. The predicted molar refractivity (Wildman–Crippen MR) is 71.9 cm³/mol. The van der Waals surface area contributed by atoms with Crippen LogP contribution < -0.4 is 16.2 Å². The molecule has 8 heteroatoms. The number of halogens is 1. The maximum atomic E-state index is 11.6. The number of hydrogen-bond acceptors (Lipinski definition) is 4. The van der Waals surface area contributed by atoms with Crippen molar-refractivity contribution in [1.29, 1.82) is 0 Å². The molecule has 108 valence electrons. The minimum atomic E-state index is -0.975. The van der Waals surface area contributed by atoms with Gasteiger partial charge in [0.25, 0.3) is 5.91 Å². The highest BCUT2D eigenvalue weighted by Gasteiger charge is 2.14. The molecular weight excluding hydrogens is 286 g/mol. The van der Waals surface area contributed by atoms with Crippen LogP contribution in [0.25, 0.3) is 0 Å². The molecule has 0 saturated heterocycles. The van der Waals surface area contributed by atoms with Crippen molar-refractivity contribution in [3.05, 3.63) is 34.9 Å². The third kappa shape index (κ3) is 5.25. The molecule has 1 rings (SSSR count). The average molecular weight is 300 g/mol. The predicted octanol–water partition coefficient (Wildman–Crippen LogP) is -0.136. The van der Waals surface area contributed by atoms with E-state index in [0.29, 0.717) is 5.02 Å². The van der Waals surface area contributed by atoms with Crippen molar-refractivity contribution in [2.45, 2.75) is 0 Å². The molecule has 0 spiro atoms. The lowest BCUT2D eigenvalue weighted by molar-refractivity contribution is -0.139. The summed E-state index contributed by atoms with van der Waals surface area (Å²) in [4.78, 5) is 34.3. The summed E-state index contributed by atoms with van der Waals surface area (Å²) in [5.74, 6) is -2.42. The smallest absolute Gasteiger partial charge is 0.327 e. The Labute approximate surface area is 120 Å². The van der Waals surface area contributed by atoms with Crippen molar-refractivity contribution in [3.63, 3.8) is 0 Å². The maximum absolute atomic E-state index is 11.6. The van der Waals surface area contributed by atoms with Gasteiger partial charge in [-0.05, 0) is 18.2 Å². The zero-order valence-electron chi connectivity index (χ0n) is 10.7. The van der Waals surface area contributed by atoms with Crippen molar-refractivity contribution in [1.82, 2.24) is 16.2 Å². The zero-order chi connectivity index (χ0) is 15.0. The summed E-state index contributed by atoms with van der Waals surface area (Å²) in [6, 6.07) is 6.16. The van der Waals surface area contributed by atoms with Gasteiger partial charge in [0.05, 0.1) is 6.61 Å². The Hall–Kier alpha value is -2.12. The largest absolute Gasteiger partial charge is 0.383 e. The fourth-order valence-electron chi connectivity index (χ4n) is 1.22. The Balaban J connectivity index is 2.40. The quantitative estimate of drug-likeness (QED) is 0.410. The second-order valence-corrected chi connectivity index (χ2v) is 4.10. The van der Waals surface area contributed by atoms with Crippen molar-refractivity contribution < 1.29 is 19.1 Å². The standard InChI is InChI=1S/C12H14ClN3O4/c1-20-6-5-14-11(18)12(19)16-15-10(17)8-3-2-4-9(13)7-8/h2-4,7H,5-6H2,1H3,(H,14,18)(H,15,17)(H,16,19). The lowest BCUT2D eigenvalue weighted by atomic mass is 10.2. The van der Waals surface area contributed by atoms with Crippen LogP contribution in [0.5, 0.6) is 0 Å². The molecule has 3 N–H and O–H groups in total. The van der Waals surface area contributed by atoms with Crippen LogP contribution in [0.4, 0.5) is 0 Å². The molecule has 1 aromatic carbocycles. The fourth-order valence-corrected chi connectivity index (χ4v) is 1.41. The minimum Gasteiger partial charge on any atom is -0.383 e. The Morgan fingerprint density at radius 2 is 1.95 bits per heavy atom. The van der Waals surface area contributed by atoms with Gasteiger partial charge in [-0.25, -0.2) is 0 Å². The van der Waals surface area contributed by atoms with Crippen LogP contribution >= 0.6 is 11.6 Å². The Morgan fingerprint density at radius 1 is 1.20 bits per heavy atom. The minimum absolute atomic E-state index is 0.199. The van der Waals surface area contributed by atoms with Crippen LogP contribution in [0.1, 0.15) is 10.4 Å². The number of nitrogens with one attached hydrogen (secondary N) is 3. The summed E-state index contributed by atoms with van der Waals surface area (Å²) in [6.07, 6.45) is 0. The summed E-state index contributed by atoms with van der Waals surface area (Å²) in [7, 11) is 1.47. The molecule has 1 aromatic rings. The summed E-state index contributed by atoms with van der Waals surface area (Å²) >= 11 is 5.73. The SMILES string of the molecule is COCCNC(=O)C(=O)NNC(=O)c1cccc(Cl)c1. The highest BCUT2D eigenvalue weighted by Crippen LogP contribution is 2.09. The second kappa shape index (κ2) is 8.13. The van der Waals surface area contributed by atoms with E-state index in [2.05, 4.69) is 10.7 Å². The van der Waals surface area contributed by atoms with E-state index in [0.717, 1.165) is 0 Å².